The quantitative estimate of drug-likeness (QED) is 0.291. The molecule has 0 amide bonds. The number of hydrogen-bond donors (Lipinski definition) is 0. The first-order valence-electron chi connectivity index (χ1n) is 11.6. The van der Waals surface area contributed by atoms with Crippen LogP contribution in [-0.2, 0) is 5.41 Å². The molecule has 5 rings (SSSR count). The molecule has 0 aliphatic carbocycles. The van der Waals surface area contributed by atoms with Crippen LogP contribution in [0.3, 0.4) is 0 Å². The van der Waals surface area contributed by atoms with Crippen molar-refractivity contribution in [2.75, 3.05) is 0 Å². The van der Waals surface area contributed by atoms with Crippen LogP contribution < -0.4 is 0 Å². The molecular weight excluding hydrogens is 390 g/mol. The Kier molecular flexibility index (Phi) is 4.61. The summed E-state index contributed by atoms with van der Waals surface area (Å²) in [5.41, 5.74) is 8.03. The van der Waals surface area contributed by atoms with Gasteiger partial charge in [-0.25, -0.2) is 0 Å². The third-order valence-electron chi connectivity index (χ3n) is 6.14. The van der Waals surface area contributed by atoms with E-state index in [1.54, 1.807) is 0 Å². The molecule has 2 nitrogen and oxygen atoms in total. The second kappa shape index (κ2) is 7.63. The van der Waals surface area contributed by atoms with Crippen molar-refractivity contribution in [1.82, 2.24) is 4.98 Å². The maximum absolute atomic E-state index is 8.78. The highest BCUT2D eigenvalue weighted by Crippen LogP contribution is 2.39. The van der Waals surface area contributed by atoms with E-state index >= 15 is 0 Å². The molecule has 0 saturated carbocycles. The number of furan rings is 1. The van der Waals surface area contributed by atoms with Gasteiger partial charge in [0.2, 0.25) is 0 Å². The van der Waals surface area contributed by atoms with Gasteiger partial charge >= 0.3 is 0 Å². The first-order chi connectivity index (χ1) is 15.6. The monoisotopic (exact) mass is 420 g/mol. The Morgan fingerprint density at radius 1 is 0.812 bits per heavy atom. The zero-order valence-corrected chi connectivity index (χ0v) is 19.4. The first-order valence-corrected chi connectivity index (χ1v) is 11.1. The summed E-state index contributed by atoms with van der Waals surface area (Å²) in [6.07, 6.45) is 1.88. The van der Waals surface area contributed by atoms with Crippen molar-refractivity contribution in [3.63, 3.8) is 0 Å². The summed E-state index contributed by atoms with van der Waals surface area (Å²) in [7, 11) is 0. The summed E-state index contributed by atoms with van der Waals surface area (Å²) in [6.45, 7) is 10.5. The number of pyridine rings is 1. The Morgan fingerprint density at radius 2 is 1.59 bits per heavy atom. The second-order valence-corrected chi connectivity index (χ2v) is 9.76. The van der Waals surface area contributed by atoms with Gasteiger partial charge in [0.25, 0.3) is 0 Å². The minimum Gasteiger partial charge on any atom is -0.456 e. The molecule has 2 heteroatoms. The van der Waals surface area contributed by atoms with Crippen LogP contribution in [0.2, 0.25) is 0 Å². The topological polar surface area (TPSA) is 26.0 Å². The zero-order chi connectivity index (χ0) is 23.4. The van der Waals surface area contributed by atoms with Gasteiger partial charge in [-0.05, 0) is 70.0 Å². The maximum Gasteiger partial charge on any atom is 0.138 e. The molecule has 3 aromatic carbocycles. The molecule has 0 aliphatic rings. The van der Waals surface area contributed by atoms with Gasteiger partial charge in [0, 0.05) is 23.9 Å². The van der Waals surface area contributed by atoms with E-state index in [9.17, 15) is 0 Å². The van der Waals surface area contributed by atoms with E-state index in [1.807, 2.05) is 38.2 Å². The van der Waals surface area contributed by atoms with Gasteiger partial charge in [-0.2, -0.15) is 0 Å². The van der Waals surface area contributed by atoms with Crippen molar-refractivity contribution in [3.05, 3.63) is 90.1 Å². The second-order valence-electron chi connectivity index (χ2n) is 9.76. The molecule has 0 N–H and O–H groups in total. The predicted molar refractivity (Wildman–Crippen MR) is 135 cm³/mol. The van der Waals surface area contributed by atoms with Crippen molar-refractivity contribution in [1.29, 1.82) is 0 Å². The fourth-order valence-electron chi connectivity index (χ4n) is 4.26. The Labute approximate surface area is 191 Å². The van der Waals surface area contributed by atoms with Gasteiger partial charge in [-0.1, -0.05) is 71.0 Å². The van der Waals surface area contributed by atoms with Crippen LogP contribution in [0.1, 0.15) is 53.0 Å². The van der Waals surface area contributed by atoms with Crippen molar-refractivity contribution >= 4 is 21.9 Å². The minimum absolute atomic E-state index is 0.0591. The summed E-state index contributed by atoms with van der Waals surface area (Å²) < 4.78 is 15.2. The molecule has 0 saturated heterocycles. The van der Waals surface area contributed by atoms with E-state index in [2.05, 4.69) is 80.4 Å². The lowest BCUT2D eigenvalue weighted by atomic mass is 9.87. The Bertz CT molecular complexity index is 1470. The van der Waals surface area contributed by atoms with E-state index in [0.717, 1.165) is 49.9 Å². The molecule has 5 aromatic rings. The first kappa shape index (κ1) is 19.3. The van der Waals surface area contributed by atoms with E-state index in [1.165, 1.54) is 5.56 Å². The van der Waals surface area contributed by atoms with Gasteiger partial charge in [-0.15, -0.1) is 0 Å². The summed E-state index contributed by atoms with van der Waals surface area (Å²) in [6, 6.07) is 25.2. The van der Waals surface area contributed by atoms with Crippen molar-refractivity contribution in [2.24, 2.45) is 0 Å². The predicted octanol–water partition coefficient (Wildman–Crippen LogP) is 8.74. The SMILES string of the molecule is [2H]C(C)(C)c1cc(-c2ccccc2)cc2c1oc1cc(-c3cc(C(C)(C)C)ccn3)ccc12. The van der Waals surface area contributed by atoms with E-state index in [0.29, 0.717) is 0 Å². The number of nitrogens with zero attached hydrogens (tertiary/aromatic N) is 1. The van der Waals surface area contributed by atoms with E-state index in [4.69, 9.17) is 5.79 Å². The van der Waals surface area contributed by atoms with Gasteiger partial charge in [0.05, 0.1) is 5.69 Å². The van der Waals surface area contributed by atoms with E-state index < -0.39 is 5.89 Å². The largest absolute Gasteiger partial charge is 0.456 e. The molecule has 2 heterocycles. The lowest BCUT2D eigenvalue weighted by Crippen LogP contribution is -2.11. The molecule has 0 bridgehead atoms. The number of aromatic nitrogens is 1. The van der Waals surface area contributed by atoms with Crippen LogP contribution in [-0.4, -0.2) is 4.98 Å². The molecule has 0 fully saturated rings. The third kappa shape index (κ3) is 3.60. The molecule has 0 unspecified atom stereocenters. The molecule has 2 aromatic heterocycles. The normalized spacial score (nSPS) is 13.0. The highest BCUT2D eigenvalue weighted by molar-refractivity contribution is 6.08. The molecule has 32 heavy (non-hydrogen) atoms. The number of benzene rings is 3. The maximum atomic E-state index is 8.78. The van der Waals surface area contributed by atoms with Crippen LogP contribution in [0.4, 0.5) is 0 Å². The zero-order valence-electron chi connectivity index (χ0n) is 20.4. The Morgan fingerprint density at radius 3 is 2.31 bits per heavy atom. The summed E-state index contributed by atoms with van der Waals surface area (Å²) >= 11 is 0. The van der Waals surface area contributed by atoms with Gasteiger partial charge < -0.3 is 4.42 Å². The number of fused-ring (bicyclic) bond motifs is 3. The number of hydrogen-bond acceptors (Lipinski definition) is 2. The number of rotatable bonds is 3. The Balaban J connectivity index is 1.72. The summed E-state index contributed by atoms with van der Waals surface area (Å²) in [4.78, 5) is 4.62. The fraction of sp³-hybridized carbons (Fsp3) is 0.233. The fourth-order valence-corrected chi connectivity index (χ4v) is 4.26. The molecule has 0 radical (unpaired) electrons. The molecule has 0 atom stereocenters. The third-order valence-corrected chi connectivity index (χ3v) is 6.14. The molecular formula is C30H29NO. The van der Waals surface area contributed by atoms with Crippen LogP contribution in [0.25, 0.3) is 44.3 Å². The van der Waals surface area contributed by atoms with Gasteiger partial charge in [0.15, 0.2) is 0 Å². The average molecular weight is 421 g/mol. The summed E-state index contributed by atoms with van der Waals surface area (Å²) in [5, 5.41) is 2.11. The molecule has 0 aliphatic heterocycles. The van der Waals surface area contributed by atoms with Crippen LogP contribution in [0, 0.1) is 0 Å². The van der Waals surface area contributed by atoms with Crippen molar-refractivity contribution in [2.45, 2.75) is 45.9 Å². The smallest absolute Gasteiger partial charge is 0.138 e. The van der Waals surface area contributed by atoms with Crippen LogP contribution in [0.15, 0.2) is 83.4 Å². The summed E-state index contributed by atoms with van der Waals surface area (Å²) in [5.74, 6) is -0.789. The average Bonchev–Trinajstić information content (AvgIpc) is 3.15. The van der Waals surface area contributed by atoms with Crippen LogP contribution in [0.5, 0.6) is 0 Å². The molecule has 0 spiro atoms. The highest BCUT2D eigenvalue weighted by atomic mass is 16.3. The Hall–Kier alpha value is -3.39. The minimum atomic E-state index is -0.789. The lowest BCUT2D eigenvalue weighted by Gasteiger charge is -2.19. The lowest BCUT2D eigenvalue weighted by molar-refractivity contribution is 0.589. The van der Waals surface area contributed by atoms with Crippen molar-refractivity contribution in [3.8, 4) is 22.4 Å². The van der Waals surface area contributed by atoms with Crippen LogP contribution >= 0.6 is 0 Å². The highest BCUT2D eigenvalue weighted by Gasteiger charge is 2.18. The van der Waals surface area contributed by atoms with E-state index in [-0.39, 0.29) is 5.41 Å². The van der Waals surface area contributed by atoms with Crippen molar-refractivity contribution < 1.29 is 5.79 Å². The van der Waals surface area contributed by atoms with Gasteiger partial charge in [0.1, 0.15) is 11.2 Å². The van der Waals surface area contributed by atoms with Gasteiger partial charge in [-0.3, -0.25) is 4.98 Å². The standard InChI is InChI=1S/C30H29NO/c1-19(2)25-15-22(20-9-7-6-8-10-20)16-26-24-12-11-21(17-28(24)32-29(25)26)27-18-23(13-14-31-27)30(3,4)5/h6-19H,1-5H3/i19D. The molecule has 160 valence electrons.